The van der Waals surface area contributed by atoms with Crippen molar-refractivity contribution < 1.29 is 9.59 Å². The van der Waals surface area contributed by atoms with Gasteiger partial charge in [0, 0.05) is 12.2 Å². The summed E-state index contributed by atoms with van der Waals surface area (Å²) < 4.78 is 1.85. The number of anilines is 2. The van der Waals surface area contributed by atoms with Crippen molar-refractivity contribution in [3.63, 3.8) is 0 Å². The van der Waals surface area contributed by atoms with Crippen molar-refractivity contribution in [3.05, 3.63) is 40.7 Å². The third kappa shape index (κ3) is 6.11. The third-order valence-electron chi connectivity index (χ3n) is 4.38. The van der Waals surface area contributed by atoms with Crippen LogP contribution in [0.1, 0.15) is 37.2 Å². The van der Waals surface area contributed by atoms with Crippen molar-refractivity contribution in [1.82, 2.24) is 25.0 Å². The fraction of sp³-hybridized carbons (Fsp3) is 0.400. The summed E-state index contributed by atoms with van der Waals surface area (Å²) in [7, 11) is 0. The molecule has 2 amide bonds. The van der Waals surface area contributed by atoms with Gasteiger partial charge in [0.2, 0.25) is 16.9 Å². The summed E-state index contributed by atoms with van der Waals surface area (Å²) >= 11 is 2.65. The molecule has 0 aliphatic heterocycles. The predicted octanol–water partition coefficient (Wildman–Crippen LogP) is 3.32. The first kappa shape index (κ1) is 22.9. The molecule has 1 aromatic carbocycles. The van der Waals surface area contributed by atoms with E-state index >= 15 is 0 Å². The van der Waals surface area contributed by atoms with Gasteiger partial charge in [-0.1, -0.05) is 42.2 Å². The summed E-state index contributed by atoms with van der Waals surface area (Å²) in [4.78, 5) is 25.0. The Bertz CT molecular complexity index is 1060. The second-order valence-electron chi connectivity index (χ2n) is 6.84. The second-order valence-corrected chi connectivity index (χ2v) is 9.21. The highest BCUT2D eigenvalue weighted by Gasteiger charge is 2.21. The number of carbonyl (C=O) groups excluding carboxylic acids is 2. The molecular formula is C20H25N7O2S2. The number of nitrogens with one attached hydrogen (secondary N) is 2. The Morgan fingerprint density at radius 1 is 1.16 bits per heavy atom. The van der Waals surface area contributed by atoms with Crippen LogP contribution in [0.2, 0.25) is 0 Å². The van der Waals surface area contributed by atoms with Gasteiger partial charge in [0.1, 0.15) is 10.8 Å². The highest BCUT2D eigenvalue weighted by atomic mass is 32.2. The highest BCUT2D eigenvalue weighted by molar-refractivity contribution is 8.00. The van der Waals surface area contributed by atoms with Gasteiger partial charge >= 0.3 is 0 Å². The van der Waals surface area contributed by atoms with Crippen molar-refractivity contribution in [2.24, 2.45) is 0 Å². The molecule has 11 heteroatoms. The van der Waals surface area contributed by atoms with Crippen LogP contribution in [0.25, 0.3) is 0 Å². The minimum Gasteiger partial charge on any atom is -0.326 e. The first-order valence-corrected chi connectivity index (χ1v) is 11.7. The lowest BCUT2D eigenvalue weighted by molar-refractivity contribution is -0.116. The van der Waals surface area contributed by atoms with Gasteiger partial charge in [0.25, 0.3) is 0 Å². The number of nitrogens with zero attached hydrogens (tertiary/aromatic N) is 5. The molecule has 1 atom stereocenters. The number of hydrogen-bond donors (Lipinski definition) is 2. The number of hydrogen-bond acceptors (Lipinski definition) is 8. The van der Waals surface area contributed by atoms with E-state index in [2.05, 4.69) is 31.0 Å². The van der Waals surface area contributed by atoms with Gasteiger partial charge in [0.05, 0.1) is 11.7 Å². The molecule has 2 heterocycles. The first-order chi connectivity index (χ1) is 14.9. The van der Waals surface area contributed by atoms with E-state index in [1.54, 1.807) is 6.92 Å². The zero-order valence-corrected chi connectivity index (χ0v) is 19.5. The predicted molar refractivity (Wildman–Crippen MR) is 122 cm³/mol. The molecule has 2 aromatic heterocycles. The lowest BCUT2D eigenvalue weighted by Gasteiger charge is -2.11. The van der Waals surface area contributed by atoms with E-state index in [0.29, 0.717) is 22.7 Å². The summed E-state index contributed by atoms with van der Waals surface area (Å²) in [5, 5.41) is 23.6. The number of thioether (sulfide) groups is 1. The zero-order chi connectivity index (χ0) is 22.4. The summed E-state index contributed by atoms with van der Waals surface area (Å²) in [6.45, 7) is 8.29. The van der Waals surface area contributed by atoms with Crippen LogP contribution in [0.3, 0.4) is 0 Å². The summed E-state index contributed by atoms with van der Waals surface area (Å²) in [6.07, 6.45) is 0.873. The van der Waals surface area contributed by atoms with Crippen LogP contribution in [0.15, 0.2) is 29.4 Å². The number of aryl methyl sites for hydroxylation is 2. The second kappa shape index (κ2) is 10.5. The molecule has 164 valence electrons. The van der Waals surface area contributed by atoms with Crippen molar-refractivity contribution in [1.29, 1.82) is 0 Å². The van der Waals surface area contributed by atoms with Gasteiger partial charge in [0.15, 0.2) is 5.16 Å². The number of aromatic nitrogens is 5. The molecule has 0 spiro atoms. The SMILES string of the molecule is CCc1nnc(NC(=O)[C@@H](C)Sc2nnc(CC(=O)Nc3cccc(C)c3)n2CC)s1. The lowest BCUT2D eigenvalue weighted by Crippen LogP contribution is -2.23. The van der Waals surface area contributed by atoms with Crippen LogP contribution < -0.4 is 10.6 Å². The van der Waals surface area contributed by atoms with Crippen LogP contribution >= 0.6 is 23.1 Å². The largest absolute Gasteiger partial charge is 0.326 e. The number of benzene rings is 1. The van der Waals surface area contributed by atoms with E-state index < -0.39 is 5.25 Å². The quantitative estimate of drug-likeness (QED) is 0.472. The molecule has 0 saturated heterocycles. The van der Waals surface area contributed by atoms with E-state index in [0.717, 1.165) is 22.7 Å². The third-order valence-corrected chi connectivity index (χ3v) is 6.44. The highest BCUT2D eigenvalue weighted by Crippen LogP contribution is 2.24. The maximum Gasteiger partial charge on any atom is 0.239 e. The van der Waals surface area contributed by atoms with Gasteiger partial charge in [-0.15, -0.1) is 20.4 Å². The van der Waals surface area contributed by atoms with Crippen LogP contribution in [0, 0.1) is 6.92 Å². The molecule has 0 fully saturated rings. The molecule has 31 heavy (non-hydrogen) atoms. The Kier molecular flexibility index (Phi) is 7.75. The number of rotatable bonds is 9. The fourth-order valence-electron chi connectivity index (χ4n) is 2.79. The minimum atomic E-state index is -0.419. The van der Waals surface area contributed by atoms with Crippen LogP contribution in [0.5, 0.6) is 0 Å². The van der Waals surface area contributed by atoms with Crippen LogP contribution in [-0.2, 0) is 29.0 Å². The molecule has 0 aliphatic carbocycles. The van der Waals surface area contributed by atoms with E-state index in [-0.39, 0.29) is 18.2 Å². The van der Waals surface area contributed by atoms with Crippen molar-refractivity contribution >= 4 is 45.7 Å². The number of amides is 2. The topological polar surface area (TPSA) is 115 Å². The maximum absolute atomic E-state index is 12.5. The van der Waals surface area contributed by atoms with E-state index in [1.807, 2.05) is 49.6 Å². The van der Waals surface area contributed by atoms with Crippen LogP contribution in [0.4, 0.5) is 10.8 Å². The standard InChI is InChI=1S/C20H25N7O2S2/c1-5-17-24-25-19(31-17)22-18(29)13(4)30-20-26-23-15(27(20)6-2)11-16(28)21-14-9-7-8-12(3)10-14/h7-10,13H,5-6,11H2,1-4H3,(H,21,28)(H,22,25,29)/t13-/m1/s1. The van der Waals surface area contributed by atoms with E-state index in [9.17, 15) is 9.59 Å². The molecule has 3 aromatic rings. The molecule has 2 N–H and O–H groups in total. The Hall–Kier alpha value is -2.79. The Morgan fingerprint density at radius 2 is 1.97 bits per heavy atom. The van der Waals surface area contributed by atoms with Crippen molar-refractivity contribution in [2.45, 2.75) is 57.5 Å². The number of carbonyl (C=O) groups is 2. The molecule has 0 unspecified atom stereocenters. The minimum absolute atomic E-state index is 0.0977. The molecule has 0 aliphatic rings. The lowest BCUT2D eigenvalue weighted by atomic mass is 10.2. The van der Waals surface area contributed by atoms with Gasteiger partial charge in [-0.25, -0.2) is 0 Å². The van der Waals surface area contributed by atoms with Crippen molar-refractivity contribution in [3.8, 4) is 0 Å². The van der Waals surface area contributed by atoms with E-state index in [1.165, 1.54) is 23.1 Å². The zero-order valence-electron chi connectivity index (χ0n) is 17.9. The summed E-state index contributed by atoms with van der Waals surface area (Å²) in [6, 6.07) is 7.62. The monoisotopic (exact) mass is 459 g/mol. The molecular weight excluding hydrogens is 434 g/mol. The average molecular weight is 460 g/mol. The maximum atomic E-state index is 12.5. The first-order valence-electron chi connectivity index (χ1n) is 9.98. The molecule has 9 nitrogen and oxygen atoms in total. The van der Waals surface area contributed by atoms with Crippen LogP contribution in [-0.4, -0.2) is 42.0 Å². The smallest absolute Gasteiger partial charge is 0.239 e. The molecule has 0 bridgehead atoms. The van der Waals surface area contributed by atoms with Gasteiger partial charge < -0.3 is 9.88 Å². The normalized spacial score (nSPS) is 11.9. The van der Waals surface area contributed by atoms with Gasteiger partial charge in [-0.3, -0.25) is 14.9 Å². The average Bonchev–Trinajstić information content (AvgIpc) is 3.34. The van der Waals surface area contributed by atoms with Crippen molar-refractivity contribution in [2.75, 3.05) is 10.6 Å². The summed E-state index contributed by atoms with van der Waals surface area (Å²) in [5.74, 6) is 0.200. The Balaban J connectivity index is 1.62. The van der Waals surface area contributed by atoms with Gasteiger partial charge in [-0.2, -0.15) is 0 Å². The molecule has 0 radical (unpaired) electrons. The van der Waals surface area contributed by atoms with Gasteiger partial charge in [-0.05, 0) is 44.9 Å². The Morgan fingerprint density at radius 3 is 2.65 bits per heavy atom. The Labute approximate surface area is 189 Å². The van der Waals surface area contributed by atoms with E-state index in [4.69, 9.17) is 0 Å². The fourth-order valence-corrected chi connectivity index (χ4v) is 4.41. The summed E-state index contributed by atoms with van der Waals surface area (Å²) in [5.41, 5.74) is 1.82. The molecule has 0 saturated carbocycles. The molecule has 3 rings (SSSR count).